The van der Waals surface area contributed by atoms with Crippen molar-refractivity contribution in [3.63, 3.8) is 0 Å². The molecule has 2 aromatic heterocycles. The molecule has 2 aromatic carbocycles. The standard InChI is InChI=1S/C22H20N4O2S/c1-15-10-12-17(13-11-15)23-21(27)19(16-7-4-3-5-8-16)29-22-25-24-20(26(22)2)18-9-6-14-28-18/h3-14,19H,1-2H3,(H,23,27). The Labute approximate surface area is 173 Å². The van der Waals surface area contributed by atoms with Crippen LogP contribution >= 0.6 is 11.8 Å². The molecule has 1 amide bonds. The summed E-state index contributed by atoms with van der Waals surface area (Å²) in [6.45, 7) is 2.01. The minimum Gasteiger partial charge on any atom is -0.461 e. The van der Waals surface area contributed by atoms with E-state index in [1.54, 1.807) is 12.3 Å². The van der Waals surface area contributed by atoms with E-state index in [2.05, 4.69) is 15.5 Å². The lowest BCUT2D eigenvalue weighted by Crippen LogP contribution is -2.19. The Morgan fingerprint density at radius 2 is 1.79 bits per heavy atom. The lowest BCUT2D eigenvalue weighted by molar-refractivity contribution is -0.115. The number of nitrogens with one attached hydrogen (secondary N) is 1. The van der Waals surface area contributed by atoms with Crippen LogP contribution in [0.4, 0.5) is 5.69 Å². The molecule has 7 heteroatoms. The normalized spacial score (nSPS) is 11.9. The summed E-state index contributed by atoms with van der Waals surface area (Å²) < 4.78 is 7.26. The molecular weight excluding hydrogens is 384 g/mol. The number of furan rings is 1. The SMILES string of the molecule is Cc1ccc(NC(=O)C(Sc2nnc(-c3ccco3)n2C)c2ccccc2)cc1. The van der Waals surface area contributed by atoms with Gasteiger partial charge in [0.1, 0.15) is 5.25 Å². The summed E-state index contributed by atoms with van der Waals surface area (Å²) in [4.78, 5) is 13.1. The van der Waals surface area contributed by atoms with Crippen molar-refractivity contribution in [2.45, 2.75) is 17.3 Å². The summed E-state index contributed by atoms with van der Waals surface area (Å²) in [5, 5.41) is 11.7. The first-order valence-corrected chi connectivity index (χ1v) is 10.0. The smallest absolute Gasteiger partial charge is 0.242 e. The van der Waals surface area contributed by atoms with Gasteiger partial charge in [0.05, 0.1) is 6.26 Å². The van der Waals surface area contributed by atoms with Crippen LogP contribution in [-0.4, -0.2) is 20.7 Å². The van der Waals surface area contributed by atoms with Gasteiger partial charge in [-0.1, -0.05) is 59.8 Å². The molecular formula is C22H20N4O2S. The van der Waals surface area contributed by atoms with Crippen molar-refractivity contribution in [3.8, 4) is 11.6 Å². The third-order valence-corrected chi connectivity index (χ3v) is 5.75. The molecule has 0 saturated carbocycles. The number of amides is 1. The van der Waals surface area contributed by atoms with Crippen LogP contribution in [0.15, 0.2) is 82.6 Å². The van der Waals surface area contributed by atoms with Crippen molar-refractivity contribution in [3.05, 3.63) is 84.1 Å². The van der Waals surface area contributed by atoms with Gasteiger partial charge in [-0.25, -0.2) is 0 Å². The first kappa shape index (κ1) is 19.0. The van der Waals surface area contributed by atoms with Gasteiger partial charge in [0.25, 0.3) is 0 Å². The summed E-state index contributed by atoms with van der Waals surface area (Å²) in [5.74, 6) is 1.13. The van der Waals surface area contributed by atoms with Gasteiger partial charge in [0, 0.05) is 12.7 Å². The Kier molecular flexibility index (Phi) is 5.48. The monoisotopic (exact) mass is 404 g/mol. The van der Waals surface area contributed by atoms with Crippen LogP contribution < -0.4 is 5.32 Å². The number of aromatic nitrogens is 3. The molecule has 29 heavy (non-hydrogen) atoms. The van der Waals surface area contributed by atoms with Crippen LogP contribution in [0.3, 0.4) is 0 Å². The molecule has 0 aliphatic heterocycles. The number of anilines is 1. The average Bonchev–Trinajstić information content (AvgIpc) is 3.38. The first-order valence-electron chi connectivity index (χ1n) is 9.14. The second-order valence-electron chi connectivity index (χ2n) is 6.61. The molecule has 1 atom stereocenters. The van der Waals surface area contributed by atoms with E-state index < -0.39 is 5.25 Å². The van der Waals surface area contributed by atoms with E-state index in [0.717, 1.165) is 16.8 Å². The van der Waals surface area contributed by atoms with Crippen molar-refractivity contribution in [2.24, 2.45) is 7.05 Å². The lowest BCUT2D eigenvalue weighted by atomic mass is 10.1. The van der Waals surface area contributed by atoms with Gasteiger partial charge in [-0.15, -0.1) is 10.2 Å². The van der Waals surface area contributed by atoms with Crippen LogP contribution in [0, 0.1) is 6.92 Å². The van der Waals surface area contributed by atoms with Gasteiger partial charge in [-0.3, -0.25) is 4.79 Å². The zero-order valence-corrected chi connectivity index (χ0v) is 16.9. The quantitative estimate of drug-likeness (QED) is 0.465. The van der Waals surface area contributed by atoms with Crippen LogP contribution in [0.1, 0.15) is 16.4 Å². The summed E-state index contributed by atoms with van der Waals surface area (Å²) >= 11 is 1.35. The average molecular weight is 404 g/mol. The van der Waals surface area contributed by atoms with Gasteiger partial charge in [0.2, 0.25) is 5.91 Å². The van der Waals surface area contributed by atoms with Crippen molar-refractivity contribution in [2.75, 3.05) is 5.32 Å². The molecule has 1 unspecified atom stereocenters. The second kappa shape index (κ2) is 8.36. The molecule has 4 rings (SSSR count). The van der Waals surface area contributed by atoms with E-state index in [4.69, 9.17) is 4.42 Å². The zero-order valence-electron chi connectivity index (χ0n) is 16.1. The van der Waals surface area contributed by atoms with Crippen molar-refractivity contribution in [1.29, 1.82) is 0 Å². The maximum absolute atomic E-state index is 13.1. The van der Waals surface area contributed by atoms with E-state index in [-0.39, 0.29) is 5.91 Å². The summed E-state index contributed by atoms with van der Waals surface area (Å²) in [5.41, 5.74) is 2.79. The molecule has 6 nitrogen and oxygen atoms in total. The van der Waals surface area contributed by atoms with E-state index in [0.29, 0.717) is 16.7 Å². The number of aryl methyl sites for hydroxylation is 1. The molecule has 4 aromatic rings. The van der Waals surface area contributed by atoms with E-state index >= 15 is 0 Å². The minimum absolute atomic E-state index is 0.118. The highest BCUT2D eigenvalue weighted by atomic mass is 32.2. The number of benzene rings is 2. The zero-order chi connectivity index (χ0) is 20.2. The van der Waals surface area contributed by atoms with Crippen LogP contribution in [0.2, 0.25) is 0 Å². The Morgan fingerprint density at radius 1 is 1.03 bits per heavy atom. The topological polar surface area (TPSA) is 73.0 Å². The lowest BCUT2D eigenvalue weighted by Gasteiger charge is -2.16. The summed E-state index contributed by atoms with van der Waals surface area (Å²) in [7, 11) is 1.86. The third-order valence-electron chi connectivity index (χ3n) is 4.46. The molecule has 0 aliphatic rings. The molecule has 0 aliphatic carbocycles. The predicted molar refractivity (Wildman–Crippen MR) is 114 cm³/mol. The Hall–Kier alpha value is -3.32. The first-order chi connectivity index (χ1) is 14.1. The maximum atomic E-state index is 13.1. The Bertz CT molecular complexity index is 1090. The highest BCUT2D eigenvalue weighted by molar-refractivity contribution is 8.00. The maximum Gasteiger partial charge on any atom is 0.242 e. The number of hydrogen-bond acceptors (Lipinski definition) is 5. The van der Waals surface area contributed by atoms with Crippen molar-refractivity contribution < 1.29 is 9.21 Å². The highest BCUT2D eigenvalue weighted by Gasteiger charge is 2.25. The Morgan fingerprint density at radius 3 is 2.48 bits per heavy atom. The van der Waals surface area contributed by atoms with Crippen molar-refractivity contribution in [1.82, 2.24) is 14.8 Å². The van der Waals surface area contributed by atoms with Gasteiger partial charge in [0.15, 0.2) is 16.7 Å². The number of hydrogen-bond donors (Lipinski definition) is 1. The molecule has 0 spiro atoms. The fourth-order valence-corrected chi connectivity index (χ4v) is 3.89. The van der Waals surface area contributed by atoms with Gasteiger partial charge >= 0.3 is 0 Å². The number of thioether (sulfide) groups is 1. The van der Waals surface area contributed by atoms with E-state index in [1.165, 1.54) is 11.8 Å². The highest BCUT2D eigenvalue weighted by Crippen LogP contribution is 2.36. The van der Waals surface area contributed by atoms with Gasteiger partial charge < -0.3 is 14.3 Å². The third kappa shape index (κ3) is 4.25. The molecule has 0 bridgehead atoms. The van der Waals surface area contributed by atoms with Crippen LogP contribution in [0.25, 0.3) is 11.6 Å². The Balaban J connectivity index is 1.61. The van der Waals surface area contributed by atoms with Crippen LogP contribution in [-0.2, 0) is 11.8 Å². The molecule has 1 N–H and O–H groups in total. The van der Waals surface area contributed by atoms with Crippen LogP contribution in [0.5, 0.6) is 0 Å². The minimum atomic E-state index is -0.482. The fourth-order valence-electron chi connectivity index (χ4n) is 2.89. The molecule has 0 radical (unpaired) electrons. The number of carbonyl (C=O) groups is 1. The second-order valence-corrected chi connectivity index (χ2v) is 7.68. The van der Waals surface area contributed by atoms with Gasteiger partial charge in [-0.05, 0) is 36.8 Å². The number of rotatable bonds is 6. The number of carbonyl (C=O) groups excluding carboxylic acids is 1. The van der Waals surface area contributed by atoms with Crippen molar-refractivity contribution >= 4 is 23.4 Å². The largest absolute Gasteiger partial charge is 0.461 e. The molecule has 0 saturated heterocycles. The van der Waals surface area contributed by atoms with E-state index in [1.807, 2.05) is 79.2 Å². The predicted octanol–water partition coefficient (Wildman–Crippen LogP) is 4.86. The molecule has 2 heterocycles. The molecule has 146 valence electrons. The van der Waals surface area contributed by atoms with E-state index in [9.17, 15) is 4.79 Å². The number of nitrogens with zero attached hydrogens (tertiary/aromatic N) is 3. The van der Waals surface area contributed by atoms with Gasteiger partial charge in [-0.2, -0.15) is 0 Å². The summed E-state index contributed by atoms with van der Waals surface area (Å²) in [6, 6.07) is 21.0. The molecule has 0 fully saturated rings. The fraction of sp³-hybridized carbons (Fsp3) is 0.136. The summed E-state index contributed by atoms with van der Waals surface area (Å²) in [6.07, 6.45) is 1.60.